The summed E-state index contributed by atoms with van der Waals surface area (Å²) >= 11 is 1.47. The molecule has 1 atom stereocenters. The highest BCUT2D eigenvalue weighted by Gasteiger charge is 2.27. The van der Waals surface area contributed by atoms with Gasteiger partial charge < -0.3 is 10.8 Å². The second-order valence-corrected chi connectivity index (χ2v) is 5.31. The predicted molar refractivity (Wildman–Crippen MR) is 66.9 cm³/mol. The van der Waals surface area contributed by atoms with Crippen molar-refractivity contribution in [3.8, 4) is 0 Å². The van der Waals surface area contributed by atoms with E-state index in [0.29, 0.717) is 5.75 Å². The first-order chi connectivity index (χ1) is 7.33. The van der Waals surface area contributed by atoms with Gasteiger partial charge in [0.25, 0.3) is 0 Å². The van der Waals surface area contributed by atoms with Gasteiger partial charge in [-0.2, -0.15) is 0 Å². The van der Waals surface area contributed by atoms with Gasteiger partial charge in [0, 0.05) is 10.6 Å². The minimum absolute atomic E-state index is 0.366. The molecule has 0 saturated carbocycles. The van der Waals surface area contributed by atoms with Gasteiger partial charge in [-0.25, -0.2) is 0 Å². The number of nitrogens with two attached hydrogens (primary N) is 1. The van der Waals surface area contributed by atoms with Gasteiger partial charge in [0.05, 0.1) is 0 Å². The average Bonchev–Trinajstić information content (AvgIpc) is 2.20. The van der Waals surface area contributed by atoms with Crippen LogP contribution < -0.4 is 5.73 Å². The van der Waals surface area contributed by atoms with Gasteiger partial charge in [0.15, 0.2) is 0 Å². The van der Waals surface area contributed by atoms with Crippen LogP contribution in [0.4, 0.5) is 0 Å². The summed E-state index contributed by atoms with van der Waals surface area (Å²) in [4.78, 5) is 11.9. The fourth-order valence-corrected chi connectivity index (χ4v) is 2.11. The zero-order valence-electron chi connectivity index (χ0n) is 9.78. The maximum absolute atomic E-state index is 10.8. The average molecular weight is 239 g/mol. The molecular weight excluding hydrogens is 222 g/mol. The topological polar surface area (TPSA) is 63.3 Å². The molecule has 3 N–H and O–H groups in total. The van der Waals surface area contributed by atoms with Crippen LogP contribution in [0.3, 0.4) is 0 Å². The Bertz CT molecular complexity index is 402. The molecule has 1 unspecified atom stereocenters. The summed E-state index contributed by atoms with van der Waals surface area (Å²) < 4.78 is 0. The highest BCUT2D eigenvalue weighted by molar-refractivity contribution is 7.99. The number of hydrogen-bond acceptors (Lipinski definition) is 3. The Labute approximate surface area is 100 Å². The minimum Gasteiger partial charge on any atom is -0.480 e. The number of aliphatic carboxylic acids is 1. The second kappa shape index (κ2) is 4.89. The summed E-state index contributed by atoms with van der Waals surface area (Å²) in [5.74, 6) is -0.603. The van der Waals surface area contributed by atoms with E-state index in [1.165, 1.54) is 29.8 Å². The van der Waals surface area contributed by atoms with E-state index in [4.69, 9.17) is 10.8 Å². The number of hydrogen-bond donors (Lipinski definition) is 2. The second-order valence-electron chi connectivity index (χ2n) is 4.26. The van der Waals surface area contributed by atoms with Crippen LogP contribution >= 0.6 is 11.8 Å². The van der Waals surface area contributed by atoms with Gasteiger partial charge in [0.1, 0.15) is 5.54 Å². The molecule has 0 aliphatic rings. The van der Waals surface area contributed by atoms with Gasteiger partial charge in [-0.1, -0.05) is 6.07 Å². The number of carbonyl (C=O) groups is 1. The number of carboxylic acid groups (broad SMARTS) is 1. The Morgan fingerprint density at radius 3 is 2.56 bits per heavy atom. The Morgan fingerprint density at radius 1 is 1.44 bits per heavy atom. The Morgan fingerprint density at radius 2 is 2.06 bits per heavy atom. The van der Waals surface area contributed by atoms with Crippen molar-refractivity contribution >= 4 is 17.7 Å². The van der Waals surface area contributed by atoms with Crippen LogP contribution in [0.25, 0.3) is 0 Å². The number of carboxylic acids is 1. The van der Waals surface area contributed by atoms with E-state index in [9.17, 15) is 4.79 Å². The first kappa shape index (κ1) is 13.1. The van der Waals surface area contributed by atoms with Crippen LogP contribution in [-0.4, -0.2) is 22.4 Å². The van der Waals surface area contributed by atoms with E-state index >= 15 is 0 Å². The molecule has 4 heteroatoms. The first-order valence-corrected chi connectivity index (χ1v) is 6.04. The zero-order valence-corrected chi connectivity index (χ0v) is 10.6. The molecule has 0 aliphatic heterocycles. The molecule has 0 spiro atoms. The van der Waals surface area contributed by atoms with Crippen LogP contribution in [0.15, 0.2) is 23.1 Å². The molecule has 0 bridgehead atoms. The Kier molecular flexibility index (Phi) is 3.99. The van der Waals surface area contributed by atoms with E-state index in [2.05, 4.69) is 6.07 Å². The summed E-state index contributed by atoms with van der Waals surface area (Å²) in [5.41, 5.74) is 6.92. The van der Waals surface area contributed by atoms with Crippen molar-refractivity contribution in [2.24, 2.45) is 5.73 Å². The van der Waals surface area contributed by atoms with Crippen molar-refractivity contribution in [3.05, 3.63) is 29.3 Å². The van der Waals surface area contributed by atoms with Crippen molar-refractivity contribution in [2.75, 3.05) is 5.75 Å². The van der Waals surface area contributed by atoms with Gasteiger partial charge in [-0.05, 0) is 44.0 Å². The van der Waals surface area contributed by atoms with E-state index in [-0.39, 0.29) is 0 Å². The van der Waals surface area contributed by atoms with Crippen molar-refractivity contribution in [3.63, 3.8) is 0 Å². The molecule has 88 valence electrons. The third kappa shape index (κ3) is 3.25. The lowest BCUT2D eigenvalue weighted by Crippen LogP contribution is -2.47. The molecule has 3 nitrogen and oxygen atoms in total. The van der Waals surface area contributed by atoms with Crippen LogP contribution in [0.2, 0.25) is 0 Å². The van der Waals surface area contributed by atoms with Crippen LogP contribution in [0, 0.1) is 13.8 Å². The van der Waals surface area contributed by atoms with E-state index in [0.717, 1.165) is 4.90 Å². The molecule has 0 radical (unpaired) electrons. The molecule has 1 aromatic carbocycles. The smallest absolute Gasteiger partial charge is 0.324 e. The minimum atomic E-state index is -1.18. The standard InChI is InChI=1S/C12H17NO2S/c1-8-4-5-10(6-9(8)2)16-7-12(3,13)11(14)15/h4-6H,7,13H2,1-3H3,(H,14,15). The predicted octanol–water partition coefficient (Wildman–Crippen LogP) is 2.20. The highest BCUT2D eigenvalue weighted by Crippen LogP contribution is 2.23. The summed E-state index contributed by atoms with van der Waals surface area (Å²) in [6, 6.07) is 6.08. The van der Waals surface area contributed by atoms with E-state index in [1.54, 1.807) is 0 Å². The SMILES string of the molecule is Cc1ccc(SCC(C)(N)C(=O)O)cc1C. The van der Waals surface area contributed by atoms with Crippen LogP contribution in [0.1, 0.15) is 18.1 Å². The van der Waals surface area contributed by atoms with E-state index in [1.807, 2.05) is 26.0 Å². The fraction of sp³-hybridized carbons (Fsp3) is 0.417. The first-order valence-electron chi connectivity index (χ1n) is 5.05. The number of rotatable bonds is 4. The van der Waals surface area contributed by atoms with Gasteiger partial charge in [0.2, 0.25) is 0 Å². The third-order valence-electron chi connectivity index (χ3n) is 2.51. The quantitative estimate of drug-likeness (QED) is 0.791. The molecule has 0 aromatic heterocycles. The Balaban J connectivity index is 2.68. The lowest BCUT2D eigenvalue weighted by molar-refractivity contribution is -0.141. The normalized spacial score (nSPS) is 14.5. The number of aryl methyl sites for hydroxylation is 2. The lowest BCUT2D eigenvalue weighted by atomic mass is 10.1. The van der Waals surface area contributed by atoms with Crippen LogP contribution in [0.5, 0.6) is 0 Å². The summed E-state index contributed by atoms with van der Waals surface area (Å²) in [7, 11) is 0. The zero-order chi connectivity index (χ0) is 12.3. The highest BCUT2D eigenvalue weighted by atomic mass is 32.2. The molecule has 0 aliphatic carbocycles. The fourth-order valence-electron chi connectivity index (χ4n) is 1.10. The van der Waals surface area contributed by atoms with Gasteiger partial charge >= 0.3 is 5.97 Å². The Hall–Kier alpha value is -1.00. The summed E-state index contributed by atoms with van der Waals surface area (Å²) in [5, 5.41) is 8.88. The molecule has 0 heterocycles. The molecular formula is C12H17NO2S. The van der Waals surface area contributed by atoms with Gasteiger partial charge in [-0.15, -0.1) is 11.8 Å². The molecule has 16 heavy (non-hydrogen) atoms. The molecule has 0 fully saturated rings. The number of thioether (sulfide) groups is 1. The monoisotopic (exact) mass is 239 g/mol. The van der Waals surface area contributed by atoms with Crippen LogP contribution in [-0.2, 0) is 4.79 Å². The summed E-state index contributed by atoms with van der Waals surface area (Å²) in [6.45, 7) is 5.62. The van der Waals surface area contributed by atoms with Crippen molar-refractivity contribution in [1.29, 1.82) is 0 Å². The third-order valence-corrected chi connectivity index (χ3v) is 3.84. The maximum Gasteiger partial charge on any atom is 0.324 e. The summed E-state index contributed by atoms with van der Waals surface area (Å²) in [6.07, 6.45) is 0. The molecule has 1 rings (SSSR count). The molecule has 0 amide bonds. The van der Waals surface area contributed by atoms with Crippen molar-refractivity contribution in [1.82, 2.24) is 0 Å². The van der Waals surface area contributed by atoms with E-state index < -0.39 is 11.5 Å². The van der Waals surface area contributed by atoms with Crippen molar-refractivity contribution in [2.45, 2.75) is 31.2 Å². The largest absolute Gasteiger partial charge is 0.480 e. The molecule has 1 aromatic rings. The lowest BCUT2D eigenvalue weighted by Gasteiger charge is -2.18. The van der Waals surface area contributed by atoms with Crippen molar-refractivity contribution < 1.29 is 9.90 Å². The molecule has 0 saturated heterocycles. The number of benzene rings is 1. The maximum atomic E-state index is 10.8. The van der Waals surface area contributed by atoms with Gasteiger partial charge in [-0.3, -0.25) is 4.79 Å².